The normalized spacial score (nSPS) is 7.20. The molecular formula is C32H36Ni6S12. The second-order valence-electron chi connectivity index (χ2n) is 6.89. The molecule has 0 saturated carbocycles. The molecule has 296 valence electrons. The number of benzene rings is 4. The summed E-state index contributed by atoms with van der Waals surface area (Å²) in [5.41, 5.74) is 0. The van der Waals surface area contributed by atoms with E-state index in [1.165, 1.54) is 0 Å². The summed E-state index contributed by atoms with van der Waals surface area (Å²) in [6, 6.07) is 38.5. The predicted molar refractivity (Wildman–Crippen MR) is 226 cm³/mol. The average molecular weight is 1160 g/mol. The van der Waals surface area contributed by atoms with E-state index in [1.54, 1.807) is 0 Å². The van der Waals surface area contributed by atoms with Crippen LogP contribution in [0.3, 0.4) is 0 Å². The first-order chi connectivity index (χ1) is 21.2. The van der Waals surface area contributed by atoms with E-state index in [1.807, 2.05) is 121 Å². The summed E-state index contributed by atoms with van der Waals surface area (Å²) in [5, 5.41) is 0. The molecule has 18 heteroatoms. The van der Waals surface area contributed by atoms with Gasteiger partial charge >= 0.3 is 98.9 Å². The third-order valence-electron chi connectivity index (χ3n) is 3.31. The fourth-order valence-electron chi connectivity index (χ4n) is 1.68. The van der Waals surface area contributed by atoms with E-state index in [0.29, 0.717) is 0 Å². The minimum atomic E-state index is 0. The minimum Gasteiger partial charge on any atom is -0.794 e. The van der Waals surface area contributed by atoms with Crippen LogP contribution in [0.4, 0.5) is 0 Å². The number of hydrogen-bond acceptors (Lipinski definition) is 12. The molecule has 50 heavy (non-hydrogen) atoms. The van der Waals surface area contributed by atoms with E-state index < -0.39 is 0 Å². The summed E-state index contributed by atoms with van der Waals surface area (Å²) in [7, 11) is 0. The van der Waals surface area contributed by atoms with Crippen LogP contribution in [-0.4, -0.2) is 46.0 Å². The summed E-state index contributed by atoms with van der Waals surface area (Å²) in [5.74, 6) is 5.74. The van der Waals surface area contributed by atoms with E-state index in [2.05, 4.69) is 101 Å². The molecule has 0 aromatic heterocycles. The molecule has 0 aliphatic heterocycles. The topological polar surface area (TPSA) is 0 Å². The van der Waals surface area contributed by atoms with Crippen LogP contribution in [0.1, 0.15) is 0 Å². The SMILES string of the molecule is [Ni+2].[Ni+2].[Ni+2].[Ni+2].[Ni+2].[Ni+2].[S-]CC[S-].[S-]CC[S-].[S-]CC[S-].[S-]CC[S-].[S-]c1ccccc1.[S-]c1ccccc1.[S-]c1ccccc1.[S-]c1ccccc1. The Hall–Kier alpha value is 3.52. The molecule has 0 bridgehead atoms. The third-order valence-corrected chi connectivity index (χ3v) is 7.06. The monoisotopic (exact) mass is 1150 g/mol. The van der Waals surface area contributed by atoms with Crippen LogP contribution in [0.25, 0.3) is 0 Å². The summed E-state index contributed by atoms with van der Waals surface area (Å²) in [6.07, 6.45) is 0. The molecule has 0 amide bonds. The Kier molecular flexibility index (Phi) is 115. The van der Waals surface area contributed by atoms with Gasteiger partial charge in [0, 0.05) is 0 Å². The maximum Gasteiger partial charge on any atom is 2.00 e. The molecule has 0 fully saturated rings. The quantitative estimate of drug-likeness (QED) is 0.159. The molecule has 0 saturated heterocycles. The van der Waals surface area contributed by atoms with Crippen molar-refractivity contribution in [2.45, 2.75) is 19.6 Å². The zero-order valence-corrected chi connectivity index (χ0v) is 41.7. The van der Waals surface area contributed by atoms with Gasteiger partial charge in [0.25, 0.3) is 0 Å². The van der Waals surface area contributed by atoms with Crippen LogP contribution in [-0.2, 0) is 250 Å². The predicted octanol–water partition coefficient (Wildman–Crippen LogP) is 6.68. The van der Waals surface area contributed by atoms with E-state index in [9.17, 15) is 0 Å². The molecule has 4 aromatic rings. The van der Waals surface area contributed by atoms with Gasteiger partial charge in [-0.1, -0.05) is 121 Å². The van der Waals surface area contributed by atoms with Gasteiger partial charge in [-0.05, 0) is 0 Å². The van der Waals surface area contributed by atoms with Crippen LogP contribution in [0.15, 0.2) is 141 Å². The Morgan fingerprint density at radius 1 is 0.220 bits per heavy atom. The first-order valence-electron chi connectivity index (χ1n) is 12.8. The fraction of sp³-hybridized carbons (Fsp3) is 0.250. The average Bonchev–Trinajstić information content (AvgIpc) is 3.07. The zero-order chi connectivity index (χ0) is 34.1. The van der Waals surface area contributed by atoms with Gasteiger partial charge in [0.2, 0.25) is 0 Å². The summed E-state index contributed by atoms with van der Waals surface area (Å²) < 4.78 is 0. The smallest absolute Gasteiger partial charge is 0.794 e. The van der Waals surface area contributed by atoms with Crippen molar-refractivity contribution in [2.75, 3.05) is 46.0 Å². The van der Waals surface area contributed by atoms with Crippen molar-refractivity contribution >= 4 is 152 Å². The molecule has 4 rings (SSSR count). The maximum absolute atomic E-state index is 4.81. The van der Waals surface area contributed by atoms with Crippen molar-refractivity contribution in [3.05, 3.63) is 121 Å². The van der Waals surface area contributed by atoms with Crippen molar-refractivity contribution in [2.24, 2.45) is 0 Å². The molecule has 0 N–H and O–H groups in total. The second kappa shape index (κ2) is 73.6. The van der Waals surface area contributed by atoms with E-state index in [4.69, 9.17) is 50.5 Å². The van der Waals surface area contributed by atoms with Gasteiger partial charge < -0.3 is 152 Å². The molecule has 0 unspecified atom stereocenters. The van der Waals surface area contributed by atoms with Gasteiger partial charge in [-0.25, -0.2) is 0 Å². The third kappa shape index (κ3) is 84.2. The second-order valence-corrected chi connectivity index (χ2v) is 12.0. The van der Waals surface area contributed by atoms with E-state index in [-0.39, 0.29) is 98.9 Å². The van der Waals surface area contributed by atoms with Crippen molar-refractivity contribution in [1.29, 1.82) is 0 Å². The Bertz CT molecular complexity index is 833. The Morgan fingerprint density at radius 3 is 0.360 bits per heavy atom. The van der Waals surface area contributed by atoms with Crippen molar-refractivity contribution in [3.8, 4) is 0 Å². The summed E-state index contributed by atoms with van der Waals surface area (Å²) in [4.78, 5) is 3.62. The molecule has 0 atom stereocenters. The van der Waals surface area contributed by atoms with Gasteiger partial charge in [0.15, 0.2) is 0 Å². The Labute approximate surface area is 431 Å². The van der Waals surface area contributed by atoms with Crippen LogP contribution in [0, 0.1) is 0 Å². The maximum atomic E-state index is 4.81. The molecule has 0 radical (unpaired) electrons. The van der Waals surface area contributed by atoms with Crippen LogP contribution < -0.4 is 0 Å². The molecular weight excluding hydrogens is 1120 g/mol. The number of hydrogen-bond donors (Lipinski definition) is 0. The van der Waals surface area contributed by atoms with Crippen LogP contribution in [0.2, 0.25) is 0 Å². The zero-order valence-electron chi connectivity index (χ0n) is 26.0. The Morgan fingerprint density at radius 2 is 0.320 bits per heavy atom. The van der Waals surface area contributed by atoms with Crippen molar-refractivity contribution < 1.29 is 98.9 Å². The van der Waals surface area contributed by atoms with Gasteiger partial charge in [-0.2, -0.15) is 65.6 Å². The van der Waals surface area contributed by atoms with Crippen LogP contribution in [0.5, 0.6) is 0 Å². The molecule has 0 heterocycles. The number of rotatable bonds is 4. The Balaban J connectivity index is -0.0000000456. The largest absolute Gasteiger partial charge is 2.00 e. The van der Waals surface area contributed by atoms with E-state index >= 15 is 0 Å². The van der Waals surface area contributed by atoms with Gasteiger partial charge in [0.05, 0.1) is 0 Å². The van der Waals surface area contributed by atoms with Crippen LogP contribution >= 0.6 is 0 Å². The molecule has 0 spiro atoms. The van der Waals surface area contributed by atoms with Crippen molar-refractivity contribution in [3.63, 3.8) is 0 Å². The molecule has 4 aromatic carbocycles. The summed E-state index contributed by atoms with van der Waals surface area (Å²) in [6.45, 7) is 0. The van der Waals surface area contributed by atoms with Crippen molar-refractivity contribution in [1.82, 2.24) is 0 Å². The standard InChI is InChI=1S/4C6H6S.4C2H6S2.6Ni/c4*7-6-4-2-1-3-5-6;4*3-1-2-4;;;;;;/h4*1-5,7H;4*3-4H,1-2H2;;;;;;/q;;;;;;;;6*+2/p-12. The van der Waals surface area contributed by atoms with Gasteiger partial charge in [-0.3, -0.25) is 0 Å². The fourth-order valence-corrected chi connectivity index (χ4v) is 2.31. The van der Waals surface area contributed by atoms with E-state index in [0.717, 1.165) is 65.6 Å². The molecule has 0 nitrogen and oxygen atoms in total. The molecule has 0 aliphatic rings. The minimum absolute atomic E-state index is 0. The van der Waals surface area contributed by atoms with Gasteiger partial charge in [-0.15, -0.1) is 0 Å². The first-order valence-corrected chi connectivity index (χ1v) is 19.0. The molecule has 0 aliphatic carbocycles. The van der Waals surface area contributed by atoms with Gasteiger partial charge in [0.1, 0.15) is 0 Å². The first kappa shape index (κ1) is 77.9. The summed E-state index contributed by atoms with van der Waals surface area (Å²) >= 11 is 54.8.